The molecule has 3 aromatic heterocycles. The number of pyridine rings is 1. The van der Waals surface area contributed by atoms with Gasteiger partial charge in [0.15, 0.2) is 0 Å². The molecule has 1 atom stereocenters. The van der Waals surface area contributed by atoms with Crippen LogP contribution in [0.3, 0.4) is 0 Å². The monoisotopic (exact) mass is 380 g/mol. The highest BCUT2D eigenvalue weighted by atomic mass is 32.2. The highest BCUT2D eigenvalue weighted by Crippen LogP contribution is 2.22. The van der Waals surface area contributed by atoms with Gasteiger partial charge in [0.2, 0.25) is 11.8 Å². The van der Waals surface area contributed by atoms with E-state index in [9.17, 15) is 4.79 Å². The van der Waals surface area contributed by atoms with Gasteiger partial charge >= 0.3 is 0 Å². The van der Waals surface area contributed by atoms with Crippen molar-refractivity contribution in [1.82, 2.24) is 30.5 Å². The molecule has 0 spiro atoms. The molecule has 1 amide bonds. The van der Waals surface area contributed by atoms with E-state index in [1.165, 1.54) is 11.8 Å². The van der Waals surface area contributed by atoms with E-state index in [1.54, 1.807) is 18.5 Å². The molecule has 1 aromatic carbocycles. The normalized spacial score (nSPS) is 12.2. The van der Waals surface area contributed by atoms with E-state index in [2.05, 4.69) is 30.5 Å². The quantitative estimate of drug-likeness (QED) is 0.495. The molecule has 0 aliphatic heterocycles. The summed E-state index contributed by atoms with van der Waals surface area (Å²) in [5.41, 5.74) is 2.55. The number of nitrogens with one attached hydrogen (secondary N) is 2. The van der Waals surface area contributed by atoms with E-state index < -0.39 is 0 Å². The minimum absolute atomic E-state index is 0.144. The number of hydrogen-bond donors (Lipinski definition) is 2. The van der Waals surface area contributed by atoms with E-state index in [0.29, 0.717) is 16.9 Å². The van der Waals surface area contributed by atoms with Crippen LogP contribution < -0.4 is 5.32 Å². The molecule has 0 unspecified atom stereocenters. The number of H-pyrrole nitrogens is 1. The molecular formula is C18H16N6O2S. The number of thioether (sulfide) groups is 1. The number of para-hydroxylation sites is 2. The molecule has 3 heterocycles. The lowest BCUT2D eigenvalue weighted by Gasteiger charge is -2.10. The third-order valence-electron chi connectivity index (χ3n) is 3.84. The number of nitrogens with zero attached hydrogens (tertiary/aromatic N) is 4. The zero-order chi connectivity index (χ0) is 18.6. The first-order valence-corrected chi connectivity index (χ1v) is 9.28. The fraction of sp³-hybridized carbons (Fsp3) is 0.167. The third-order valence-corrected chi connectivity index (χ3v) is 4.66. The molecule has 0 aliphatic carbocycles. The van der Waals surface area contributed by atoms with Crippen LogP contribution in [0.25, 0.3) is 22.5 Å². The van der Waals surface area contributed by atoms with Gasteiger partial charge in [0, 0.05) is 12.4 Å². The topological polar surface area (TPSA) is 110 Å². The Hall–Kier alpha value is -3.20. The predicted molar refractivity (Wildman–Crippen MR) is 101 cm³/mol. The molecule has 4 aromatic rings. The second kappa shape index (κ2) is 7.58. The summed E-state index contributed by atoms with van der Waals surface area (Å²) in [5.74, 6) is 1.11. The van der Waals surface area contributed by atoms with E-state index >= 15 is 0 Å². The molecule has 9 heteroatoms. The maximum absolute atomic E-state index is 12.2. The smallest absolute Gasteiger partial charge is 0.277 e. The van der Waals surface area contributed by atoms with Gasteiger partial charge in [-0.15, -0.1) is 10.2 Å². The van der Waals surface area contributed by atoms with Gasteiger partial charge in [-0.1, -0.05) is 23.9 Å². The van der Waals surface area contributed by atoms with E-state index in [4.69, 9.17) is 4.42 Å². The maximum Gasteiger partial charge on any atom is 0.277 e. The summed E-state index contributed by atoms with van der Waals surface area (Å²) in [5, 5.41) is 11.2. The van der Waals surface area contributed by atoms with Crippen molar-refractivity contribution >= 4 is 28.7 Å². The highest BCUT2D eigenvalue weighted by molar-refractivity contribution is 7.99. The largest absolute Gasteiger partial charge is 0.411 e. The van der Waals surface area contributed by atoms with Gasteiger partial charge in [-0.25, -0.2) is 4.98 Å². The molecule has 0 fully saturated rings. The minimum Gasteiger partial charge on any atom is -0.411 e. The van der Waals surface area contributed by atoms with Crippen LogP contribution >= 0.6 is 11.8 Å². The number of carbonyl (C=O) groups is 1. The molecule has 0 radical (unpaired) electrons. The van der Waals surface area contributed by atoms with Crippen molar-refractivity contribution in [3.63, 3.8) is 0 Å². The first-order valence-electron chi connectivity index (χ1n) is 8.30. The van der Waals surface area contributed by atoms with Crippen molar-refractivity contribution in [2.24, 2.45) is 0 Å². The summed E-state index contributed by atoms with van der Waals surface area (Å²) in [4.78, 5) is 23.9. The Kier molecular flexibility index (Phi) is 4.84. The van der Waals surface area contributed by atoms with Gasteiger partial charge in [-0.05, 0) is 31.2 Å². The second-order valence-electron chi connectivity index (χ2n) is 5.83. The molecule has 136 valence electrons. The molecule has 0 bridgehead atoms. The van der Waals surface area contributed by atoms with Gasteiger partial charge in [0.1, 0.15) is 5.82 Å². The van der Waals surface area contributed by atoms with E-state index in [0.717, 1.165) is 16.6 Å². The first-order chi connectivity index (χ1) is 13.2. The van der Waals surface area contributed by atoms with Crippen molar-refractivity contribution in [3.8, 4) is 11.5 Å². The summed E-state index contributed by atoms with van der Waals surface area (Å²) in [6, 6.07) is 11.1. The molecule has 2 N–H and O–H groups in total. The fourth-order valence-electron chi connectivity index (χ4n) is 2.53. The first kappa shape index (κ1) is 17.2. The van der Waals surface area contributed by atoms with Crippen LogP contribution in [0.2, 0.25) is 0 Å². The summed E-state index contributed by atoms with van der Waals surface area (Å²) >= 11 is 1.18. The Morgan fingerprint density at radius 3 is 2.96 bits per heavy atom. The third kappa shape index (κ3) is 3.98. The van der Waals surface area contributed by atoms with Crippen molar-refractivity contribution in [2.75, 3.05) is 5.75 Å². The molecule has 8 nitrogen and oxygen atoms in total. The Morgan fingerprint density at radius 2 is 2.15 bits per heavy atom. The van der Waals surface area contributed by atoms with Gasteiger partial charge in [-0.2, -0.15) is 0 Å². The lowest BCUT2D eigenvalue weighted by Crippen LogP contribution is -2.28. The van der Waals surface area contributed by atoms with Crippen LogP contribution in [0, 0.1) is 0 Å². The number of hydrogen-bond acceptors (Lipinski definition) is 7. The van der Waals surface area contributed by atoms with Crippen molar-refractivity contribution in [3.05, 3.63) is 54.6 Å². The molecule has 0 saturated heterocycles. The fourth-order valence-corrected chi connectivity index (χ4v) is 3.10. The van der Waals surface area contributed by atoms with Crippen LogP contribution in [-0.2, 0) is 4.79 Å². The second-order valence-corrected chi connectivity index (χ2v) is 6.76. The number of aromatic amines is 1. The summed E-state index contributed by atoms with van der Waals surface area (Å²) in [7, 11) is 0. The maximum atomic E-state index is 12.2. The average molecular weight is 380 g/mol. The highest BCUT2D eigenvalue weighted by Gasteiger charge is 2.15. The number of carbonyl (C=O) groups excluding carboxylic acids is 1. The standard InChI is InChI=1S/C18H16N6O2S/c1-11(16-21-13-6-2-3-7-14(13)22-16)20-15(25)10-27-18-24-23-17(26-18)12-5-4-8-19-9-12/h2-9,11H,10H2,1H3,(H,20,25)(H,21,22)/t11-/m0/s1. The molecule has 0 aliphatic rings. The van der Waals surface area contributed by atoms with Crippen LogP contribution in [-0.4, -0.2) is 36.8 Å². The van der Waals surface area contributed by atoms with Crippen LogP contribution in [0.15, 0.2) is 58.4 Å². The van der Waals surface area contributed by atoms with Crippen LogP contribution in [0.1, 0.15) is 18.8 Å². The summed E-state index contributed by atoms with van der Waals surface area (Å²) in [6.45, 7) is 1.88. The summed E-state index contributed by atoms with van der Waals surface area (Å²) < 4.78 is 5.55. The number of fused-ring (bicyclic) bond motifs is 1. The van der Waals surface area contributed by atoms with Crippen molar-refractivity contribution in [2.45, 2.75) is 18.2 Å². The molecule has 4 rings (SSSR count). The lowest BCUT2D eigenvalue weighted by molar-refractivity contribution is -0.119. The molecular weight excluding hydrogens is 364 g/mol. The Labute approximate surface area is 158 Å². The molecule has 0 saturated carbocycles. The number of aromatic nitrogens is 5. The summed E-state index contributed by atoms with van der Waals surface area (Å²) in [6.07, 6.45) is 3.31. The average Bonchev–Trinajstić information content (AvgIpc) is 3.34. The minimum atomic E-state index is -0.237. The Morgan fingerprint density at radius 1 is 1.26 bits per heavy atom. The van der Waals surface area contributed by atoms with Crippen LogP contribution in [0.4, 0.5) is 0 Å². The molecule has 27 heavy (non-hydrogen) atoms. The SMILES string of the molecule is C[C@H](NC(=O)CSc1nnc(-c2cccnc2)o1)c1nc2ccccc2[nH]1. The predicted octanol–water partition coefficient (Wildman–Crippen LogP) is 2.98. The van der Waals surface area contributed by atoms with E-state index in [1.807, 2.05) is 37.3 Å². The van der Waals surface area contributed by atoms with Crippen molar-refractivity contribution in [1.29, 1.82) is 0 Å². The van der Waals surface area contributed by atoms with Gasteiger partial charge < -0.3 is 14.7 Å². The van der Waals surface area contributed by atoms with Crippen LogP contribution in [0.5, 0.6) is 0 Å². The Bertz CT molecular complexity index is 1030. The Balaban J connectivity index is 1.33. The number of imidazole rings is 1. The van der Waals surface area contributed by atoms with Gasteiger partial charge in [0.05, 0.1) is 28.4 Å². The number of rotatable bonds is 6. The van der Waals surface area contributed by atoms with E-state index in [-0.39, 0.29) is 17.7 Å². The number of benzene rings is 1. The number of amides is 1. The zero-order valence-electron chi connectivity index (χ0n) is 14.4. The zero-order valence-corrected chi connectivity index (χ0v) is 15.2. The lowest BCUT2D eigenvalue weighted by atomic mass is 10.3. The van der Waals surface area contributed by atoms with Gasteiger partial charge in [-0.3, -0.25) is 9.78 Å². The van der Waals surface area contributed by atoms with Gasteiger partial charge in [0.25, 0.3) is 5.22 Å². The van der Waals surface area contributed by atoms with Crippen molar-refractivity contribution < 1.29 is 9.21 Å².